The molecule has 0 aliphatic carbocycles. The lowest BCUT2D eigenvalue weighted by Gasteiger charge is -2.06. The normalized spacial score (nSPS) is 10.8. The lowest BCUT2D eigenvalue weighted by atomic mass is 10.1. The van der Waals surface area contributed by atoms with E-state index in [-0.39, 0.29) is 18.1 Å². The molecule has 0 radical (unpaired) electrons. The molecule has 0 atom stereocenters. The zero-order valence-electron chi connectivity index (χ0n) is 14.2. The van der Waals surface area contributed by atoms with Gasteiger partial charge in [-0.15, -0.1) is 11.8 Å². The molecule has 5 nitrogen and oxygen atoms in total. The summed E-state index contributed by atoms with van der Waals surface area (Å²) in [5, 5.41) is 10.7. The van der Waals surface area contributed by atoms with E-state index in [1.807, 2.05) is 24.5 Å². The standard InChI is InChI=1S/C19H18O5S/c1-22-16-10-12(5-6-14(16)20)18-19(25-3)13-8-11(9-17(21)23-2)4-7-15(13)24-18/h4-8,10,20H,9H2,1-3H3. The number of fused-ring (bicyclic) bond motifs is 1. The summed E-state index contributed by atoms with van der Waals surface area (Å²) in [4.78, 5) is 12.5. The van der Waals surface area contributed by atoms with Gasteiger partial charge in [-0.3, -0.25) is 4.79 Å². The van der Waals surface area contributed by atoms with Crippen molar-refractivity contribution in [2.75, 3.05) is 20.5 Å². The minimum absolute atomic E-state index is 0.0772. The number of hydrogen-bond donors (Lipinski definition) is 1. The molecule has 0 saturated heterocycles. The molecule has 0 fully saturated rings. The molecular formula is C19H18O5S. The van der Waals surface area contributed by atoms with Crippen molar-refractivity contribution in [1.29, 1.82) is 0 Å². The van der Waals surface area contributed by atoms with Crippen molar-refractivity contribution in [3.63, 3.8) is 0 Å². The van der Waals surface area contributed by atoms with Crippen LogP contribution < -0.4 is 4.74 Å². The van der Waals surface area contributed by atoms with E-state index in [4.69, 9.17) is 13.9 Å². The fourth-order valence-corrected chi connectivity index (χ4v) is 3.41. The van der Waals surface area contributed by atoms with Crippen LogP contribution in [-0.4, -0.2) is 31.6 Å². The molecule has 0 spiro atoms. The number of rotatable bonds is 5. The summed E-state index contributed by atoms with van der Waals surface area (Å²) in [5.74, 6) is 0.887. The van der Waals surface area contributed by atoms with Crippen LogP contribution in [0.15, 0.2) is 45.7 Å². The third kappa shape index (κ3) is 3.30. The van der Waals surface area contributed by atoms with Crippen LogP contribution in [0.2, 0.25) is 0 Å². The summed E-state index contributed by atoms with van der Waals surface area (Å²) in [7, 11) is 2.88. The number of carbonyl (C=O) groups excluding carboxylic acids is 1. The Labute approximate surface area is 149 Å². The molecular weight excluding hydrogens is 340 g/mol. The second kappa shape index (κ2) is 7.11. The van der Waals surface area contributed by atoms with Gasteiger partial charge in [0.05, 0.1) is 25.5 Å². The number of thioether (sulfide) groups is 1. The molecule has 6 heteroatoms. The van der Waals surface area contributed by atoms with Crippen molar-refractivity contribution in [2.45, 2.75) is 11.3 Å². The lowest BCUT2D eigenvalue weighted by molar-refractivity contribution is -0.139. The van der Waals surface area contributed by atoms with E-state index in [0.29, 0.717) is 11.5 Å². The quantitative estimate of drug-likeness (QED) is 0.543. The first-order chi connectivity index (χ1) is 12.1. The minimum Gasteiger partial charge on any atom is -0.504 e. The third-order valence-corrected chi connectivity index (χ3v) is 4.74. The SMILES string of the molecule is COC(=O)Cc1ccc2oc(-c3ccc(O)c(OC)c3)c(SC)c2c1. The molecule has 0 unspecified atom stereocenters. The second-order valence-electron chi connectivity index (χ2n) is 5.43. The van der Waals surface area contributed by atoms with Crippen LogP contribution >= 0.6 is 11.8 Å². The molecule has 0 bridgehead atoms. The van der Waals surface area contributed by atoms with Gasteiger partial charge in [0.2, 0.25) is 0 Å². The number of ether oxygens (including phenoxy) is 2. The Morgan fingerprint density at radius 2 is 2.00 bits per heavy atom. The molecule has 25 heavy (non-hydrogen) atoms. The number of methoxy groups -OCH3 is 2. The Hall–Kier alpha value is -2.60. The summed E-state index contributed by atoms with van der Waals surface area (Å²) in [6.07, 6.45) is 2.19. The molecule has 130 valence electrons. The lowest BCUT2D eigenvalue weighted by Crippen LogP contribution is -2.03. The van der Waals surface area contributed by atoms with Crippen LogP contribution in [0.5, 0.6) is 11.5 Å². The van der Waals surface area contributed by atoms with Gasteiger partial charge in [-0.25, -0.2) is 0 Å². The highest BCUT2D eigenvalue weighted by atomic mass is 32.2. The van der Waals surface area contributed by atoms with Gasteiger partial charge >= 0.3 is 5.97 Å². The molecule has 1 N–H and O–H groups in total. The Bertz CT molecular complexity index is 929. The predicted molar refractivity (Wildman–Crippen MR) is 97.4 cm³/mol. The Kier molecular flexibility index (Phi) is 4.90. The monoisotopic (exact) mass is 358 g/mol. The largest absolute Gasteiger partial charge is 0.504 e. The van der Waals surface area contributed by atoms with Crippen LogP contribution in [-0.2, 0) is 16.0 Å². The first-order valence-corrected chi connectivity index (χ1v) is 8.83. The average molecular weight is 358 g/mol. The smallest absolute Gasteiger partial charge is 0.309 e. The van der Waals surface area contributed by atoms with E-state index in [0.717, 1.165) is 27.0 Å². The number of benzene rings is 2. The summed E-state index contributed by atoms with van der Waals surface area (Å²) < 4.78 is 15.9. The maximum absolute atomic E-state index is 11.5. The summed E-state index contributed by atoms with van der Waals surface area (Å²) in [6.45, 7) is 0. The van der Waals surface area contributed by atoms with Crippen LogP contribution in [0.1, 0.15) is 5.56 Å². The molecule has 3 aromatic rings. The molecule has 1 heterocycles. The van der Waals surface area contributed by atoms with Gasteiger partial charge in [0, 0.05) is 10.9 Å². The van der Waals surface area contributed by atoms with E-state index in [1.54, 1.807) is 30.0 Å². The zero-order valence-corrected chi connectivity index (χ0v) is 15.0. The number of aromatic hydroxyl groups is 1. The number of furan rings is 1. The molecule has 3 rings (SSSR count). The van der Waals surface area contributed by atoms with Gasteiger partial charge in [0.15, 0.2) is 11.5 Å². The average Bonchev–Trinajstić information content (AvgIpc) is 2.99. The summed E-state index contributed by atoms with van der Waals surface area (Å²) in [6, 6.07) is 10.8. The highest BCUT2D eigenvalue weighted by molar-refractivity contribution is 7.99. The van der Waals surface area contributed by atoms with Crippen LogP contribution in [0, 0.1) is 0 Å². The van der Waals surface area contributed by atoms with Gasteiger partial charge in [-0.2, -0.15) is 0 Å². The molecule has 0 aliphatic heterocycles. The van der Waals surface area contributed by atoms with Gasteiger partial charge in [0.1, 0.15) is 11.3 Å². The Morgan fingerprint density at radius 1 is 1.20 bits per heavy atom. The van der Waals surface area contributed by atoms with Gasteiger partial charge in [-0.05, 0) is 42.2 Å². The minimum atomic E-state index is -0.281. The first kappa shape index (κ1) is 17.2. The Morgan fingerprint density at radius 3 is 2.68 bits per heavy atom. The van der Waals surface area contributed by atoms with E-state index in [1.165, 1.54) is 14.2 Å². The predicted octanol–water partition coefficient (Wildman–Crippen LogP) is 4.25. The van der Waals surface area contributed by atoms with Crippen molar-refractivity contribution >= 4 is 28.7 Å². The van der Waals surface area contributed by atoms with Crippen LogP contribution in [0.4, 0.5) is 0 Å². The van der Waals surface area contributed by atoms with E-state index >= 15 is 0 Å². The highest BCUT2D eigenvalue weighted by Gasteiger charge is 2.18. The van der Waals surface area contributed by atoms with Gasteiger partial charge in [-0.1, -0.05) is 6.07 Å². The summed E-state index contributed by atoms with van der Waals surface area (Å²) in [5.41, 5.74) is 2.41. The maximum Gasteiger partial charge on any atom is 0.309 e. The van der Waals surface area contributed by atoms with Crippen LogP contribution in [0.3, 0.4) is 0 Å². The van der Waals surface area contributed by atoms with E-state index in [2.05, 4.69) is 0 Å². The van der Waals surface area contributed by atoms with Crippen molar-refractivity contribution in [1.82, 2.24) is 0 Å². The number of esters is 1. The topological polar surface area (TPSA) is 68.9 Å². The van der Waals surface area contributed by atoms with E-state index in [9.17, 15) is 9.90 Å². The fourth-order valence-electron chi connectivity index (χ4n) is 2.68. The molecule has 0 aliphatic rings. The fraction of sp³-hybridized carbons (Fsp3) is 0.211. The Balaban J connectivity index is 2.11. The van der Waals surface area contributed by atoms with Gasteiger partial charge in [0.25, 0.3) is 0 Å². The van der Waals surface area contributed by atoms with Crippen molar-refractivity contribution in [3.05, 3.63) is 42.0 Å². The third-order valence-electron chi connectivity index (χ3n) is 3.93. The highest BCUT2D eigenvalue weighted by Crippen LogP contribution is 2.41. The second-order valence-corrected chi connectivity index (χ2v) is 6.25. The first-order valence-electron chi connectivity index (χ1n) is 7.61. The number of hydrogen-bond acceptors (Lipinski definition) is 6. The maximum atomic E-state index is 11.5. The van der Waals surface area contributed by atoms with E-state index < -0.39 is 0 Å². The van der Waals surface area contributed by atoms with Crippen molar-refractivity contribution in [3.8, 4) is 22.8 Å². The molecule has 0 amide bonds. The zero-order chi connectivity index (χ0) is 18.0. The molecule has 1 aromatic heterocycles. The number of phenols is 1. The van der Waals surface area contributed by atoms with Crippen molar-refractivity contribution < 1.29 is 23.8 Å². The molecule has 0 saturated carbocycles. The summed E-state index contributed by atoms with van der Waals surface area (Å²) >= 11 is 1.56. The van der Waals surface area contributed by atoms with Gasteiger partial charge < -0.3 is 19.0 Å². The van der Waals surface area contributed by atoms with Crippen LogP contribution in [0.25, 0.3) is 22.3 Å². The van der Waals surface area contributed by atoms with Crippen molar-refractivity contribution in [2.24, 2.45) is 0 Å². The number of carbonyl (C=O) groups is 1. The number of phenolic OH excluding ortho intramolecular Hbond substituents is 1. The molecule has 2 aromatic carbocycles.